The number of esters is 1. The summed E-state index contributed by atoms with van der Waals surface area (Å²) < 4.78 is 6.77. The first-order chi connectivity index (χ1) is 7.13. The molecule has 0 aliphatic rings. The molecule has 0 unspecified atom stereocenters. The Morgan fingerprint density at radius 2 is 2.40 bits per heavy atom. The van der Waals surface area contributed by atoms with Crippen LogP contribution in [0.5, 0.6) is 0 Å². The SMILES string of the molecule is COC(=O)c1c[nH]n2c(C)cc(=S)nc12. The first-order valence-electron chi connectivity index (χ1n) is 4.29. The van der Waals surface area contributed by atoms with Gasteiger partial charge in [-0.3, -0.25) is 5.10 Å². The van der Waals surface area contributed by atoms with Crippen molar-refractivity contribution in [3.8, 4) is 0 Å². The van der Waals surface area contributed by atoms with Crippen LogP contribution in [-0.2, 0) is 4.74 Å². The summed E-state index contributed by atoms with van der Waals surface area (Å²) in [5.74, 6) is -0.429. The van der Waals surface area contributed by atoms with Crippen molar-refractivity contribution in [3.63, 3.8) is 0 Å². The van der Waals surface area contributed by atoms with Crippen molar-refractivity contribution in [2.45, 2.75) is 6.92 Å². The summed E-state index contributed by atoms with van der Waals surface area (Å²) >= 11 is 4.98. The van der Waals surface area contributed by atoms with Gasteiger partial charge in [-0.2, -0.15) is 0 Å². The number of H-pyrrole nitrogens is 1. The number of aromatic nitrogens is 3. The maximum atomic E-state index is 11.4. The molecule has 2 rings (SSSR count). The minimum absolute atomic E-state index is 0.382. The van der Waals surface area contributed by atoms with E-state index in [-0.39, 0.29) is 0 Å². The van der Waals surface area contributed by atoms with E-state index in [0.717, 1.165) is 5.69 Å². The van der Waals surface area contributed by atoms with Gasteiger partial charge in [0.2, 0.25) is 0 Å². The van der Waals surface area contributed by atoms with E-state index in [0.29, 0.717) is 15.9 Å². The number of methoxy groups -OCH3 is 1. The Hall–Kier alpha value is -1.69. The van der Waals surface area contributed by atoms with Crippen LogP contribution in [0.2, 0.25) is 0 Å². The van der Waals surface area contributed by atoms with Gasteiger partial charge in [-0.25, -0.2) is 14.3 Å². The highest BCUT2D eigenvalue weighted by Gasteiger charge is 2.13. The number of hydrogen-bond acceptors (Lipinski definition) is 4. The van der Waals surface area contributed by atoms with Crippen LogP contribution in [-0.4, -0.2) is 27.7 Å². The topological polar surface area (TPSA) is 59.4 Å². The van der Waals surface area contributed by atoms with Crippen molar-refractivity contribution in [2.75, 3.05) is 7.11 Å². The molecular formula is C9H9N3O2S. The van der Waals surface area contributed by atoms with Gasteiger partial charge in [0, 0.05) is 11.9 Å². The summed E-state index contributed by atoms with van der Waals surface area (Å²) in [6.45, 7) is 1.88. The Kier molecular flexibility index (Phi) is 2.28. The van der Waals surface area contributed by atoms with Gasteiger partial charge in [-0.15, -0.1) is 0 Å². The van der Waals surface area contributed by atoms with Gasteiger partial charge in [-0.1, -0.05) is 12.2 Å². The molecule has 0 saturated carbocycles. The fraction of sp³-hybridized carbons (Fsp3) is 0.222. The lowest BCUT2D eigenvalue weighted by Gasteiger charge is -1.99. The fourth-order valence-corrected chi connectivity index (χ4v) is 1.65. The summed E-state index contributed by atoms with van der Waals surface area (Å²) in [6.07, 6.45) is 1.55. The molecule has 0 aromatic carbocycles. The van der Waals surface area contributed by atoms with Crippen molar-refractivity contribution < 1.29 is 9.53 Å². The molecular weight excluding hydrogens is 214 g/mol. The summed E-state index contributed by atoms with van der Waals surface area (Å²) in [5, 5.41) is 2.91. The zero-order valence-electron chi connectivity index (χ0n) is 8.27. The molecule has 2 heterocycles. The van der Waals surface area contributed by atoms with Crippen LogP contribution in [0.25, 0.3) is 5.65 Å². The number of aryl methyl sites for hydroxylation is 1. The Labute approximate surface area is 90.7 Å². The third kappa shape index (κ3) is 1.52. The molecule has 0 bridgehead atoms. The van der Waals surface area contributed by atoms with E-state index < -0.39 is 5.97 Å². The number of ether oxygens (including phenoxy) is 1. The van der Waals surface area contributed by atoms with Crippen LogP contribution < -0.4 is 0 Å². The van der Waals surface area contributed by atoms with Gasteiger partial charge in [-0.05, 0) is 13.0 Å². The Bertz CT molecular complexity index is 585. The molecule has 0 spiro atoms. The standard InChI is InChI=1S/C9H9N3O2S/c1-5-3-7(15)11-8-6(9(13)14-2)4-10-12(5)8/h3-4,10H,1-2H3. The maximum absolute atomic E-state index is 11.4. The van der Waals surface area contributed by atoms with Crippen LogP contribution in [0.15, 0.2) is 12.3 Å². The van der Waals surface area contributed by atoms with E-state index in [4.69, 9.17) is 12.2 Å². The highest BCUT2D eigenvalue weighted by molar-refractivity contribution is 7.71. The third-order valence-electron chi connectivity index (χ3n) is 2.10. The zero-order valence-corrected chi connectivity index (χ0v) is 9.09. The fourth-order valence-electron chi connectivity index (χ4n) is 1.39. The van der Waals surface area contributed by atoms with Crippen molar-refractivity contribution in [1.29, 1.82) is 0 Å². The molecule has 2 aromatic heterocycles. The summed E-state index contributed by atoms with van der Waals surface area (Å²) in [7, 11) is 1.33. The Morgan fingerprint density at radius 1 is 1.67 bits per heavy atom. The summed E-state index contributed by atoms with van der Waals surface area (Å²) in [4.78, 5) is 15.5. The monoisotopic (exact) mass is 223 g/mol. The van der Waals surface area contributed by atoms with E-state index in [9.17, 15) is 4.79 Å². The average Bonchev–Trinajstić information content (AvgIpc) is 2.60. The van der Waals surface area contributed by atoms with Crippen LogP contribution >= 0.6 is 12.2 Å². The van der Waals surface area contributed by atoms with E-state index in [2.05, 4.69) is 14.8 Å². The minimum atomic E-state index is -0.429. The van der Waals surface area contributed by atoms with Gasteiger partial charge in [0.15, 0.2) is 5.65 Å². The van der Waals surface area contributed by atoms with Crippen molar-refractivity contribution in [1.82, 2.24) is 14.6 Å². The molecule has 78 valence electrons. The summed E-state index contributed by atoms with van der Waals surface area (Å²) in [5.41, 5.74) is 1.76. The molecule has 15 heavy (non-hydrogen) atoms. The van der Waals surface area contributed by atoms with Crippen LogP contribution in [0.3, 0.4) is 0 Å². The zero-order chi connectivity index (χ0) is 11.0. The number of rotatable bonds is 1. The quantitative estimate of drug-likeness (QED) is 0.587. The van der Waals surface area contributed by atoms with Gasteiger partial charge >= 0.3 is 5.97 Å². The Morgan fingerprint density at radius 3 is 3.07 bits per heavy atom. The number of nitrogens with zero attached hydrogens (tertiary/aromatic N) is 2. The minimum Gasteiger partial charge on any atom is -0.465 e. The number of carbonyl (C=O) groups is 1. The number of nitrogens with one attached hydrogen (secondary N) is 1. The predicted octanol–water partition coefficient (Wildman–Crippen LogP) is 1.49. The van der Waals surface area contributed by atoms with Gasteiger partial charge in [0.25, 0.3) is 0 Å². The highest BCUT2D eigenvalue weighted by Crippen LogP contribution is 2.11. The number of aromatic amines is 1. The predicted molar refractivity (Wildman–Crippen MR) is 56.5 cm³/mol. The molecule has 5 nitrogen and oxygen atoms in total. The average molecular weight is 223 g/mol. The molecule has 0 radical (unpaired) electrons. The van der Waals surface area contributed by atoms with Crippen LogP contribution in [0.4, 0.5) is 0 Å². The molecule has 0 aliphatic carbocycles. The second-order valence-electron chi connectivity index (χ2n) is 3.07. The molecule has 0 fully saturated rings. The molecule has 0 aliphatic heterocycles. The first kappa shape index (κ1) is 9.85. The van der Waals surface area contributed by atoms with Gasteiger partial charge < -0.3 is 4.74 Å². The molecule has 6 heteroatoms. The van der Waals surface area contributed by atoms with E-state index in [1.54, 1.807) is 16.8 Å². The van der Waals surface area contributed by atoms with Crippen molar-refractivity contribution in [3.05, 3.63) is 28.2 Å². The third-order valence-corrected chi connectivity index (χ3v) is 2.31. The normalized spacial score (nSPS) is 10.5. The lowest BCUT2D eigenvalue weighted by molar-refractivity contribution is 0.0602. The first-order valence-corrected chi connectivity index (χ1v) is 4.70. The van der Waals surface area contributed by atoms with Crippen molar-refractivity contribution >= 4 is 23.8 Å². The molecule has 1 N–H and O–H groups in total. The second kappa shape index (κ2) is 3.47. The number of fused-ring (bicyclic) bond motifs is 1. The van der Waals surface area contributed by atoms with Crippen LogP contribution in [0.1, 0.15) is 16.1 Å². The molecule has 0 atom stereocenters. The Balaban J connectivity index is 2.80. The second-order valence-corrected chi connectivity index (χ2v) is 3.49. The lowest BCUT2D eigenvalue weighted by Crippen LogP contribution is -2.02. The largest absolute Gasteiger partial charge is 0.465 e. The number of hydrogen-bond donors (Lipinski definition) is 1. The number of carbonyl (C=O) groups excluding carboxylic acids is 1. The van der Waals surface area contributed by atoms with E-state index in [1.807, 2.05) is 6.92 Å². The van der Waals surface area contributed by atoms with Gasteiger partial charge in [0.1, 0.15) is 10.2 Å². The molecule has 0 amide bonds. The van der Waals surface area contributed by atoms with Crippen molar-refractivity contribution in [2.24, 2.45) is 0 Å². The molecule has 0 saturated heterocycles. The lowest BCUT2D eigenvalue weighted by atomic mass is 10.3. The summed E-state index contributed by atoms with van der Waals surface area (Å²) in [6, 6.07) is 1.75. The highest BCUT2D eigenvalue weighted by atomic mass is 32.1. The van der Waals surface area contributed by atoms with Gasteiger partial charge in [0.05, 0.1) is 7.11 Å². The van der Waals surface area contributed by atoms with E-state index >= 15 is 0 Å². The van der Waals surface area contributed by atoms with E-state index in [1.165, 1.54) is 7.11 Å². The molecule has 2 aromatic rings. The smallest absolute Gasteiger partial charge is 0.343 e. The maximum Gasteiger partial charge on any atom is 0.343 e. The van der Waals surface area contributed by atoms with Crippen LogP contribution in [0, 0.1) is 11.6 Å².